The number of carbonyl (C=O) groups excluding carboxylic acids is 2. The van der Waals surface area contributed by atoms with Crippen LogP contribution in [-0.4, -0.2) is 100 Å². The summed E-state index contributed by atoms with van der Waals surface area (Å²) in [5, 5.41) is 54.1. The quantitative estimate of drug-likeness (QED) is 0.0196. The Morgan fingerprint density at radius 1 is 0.544 bits per heavy atom. The summed E-state index contributed by atoms with van der Waals surface area (Å²) < 4.78 is 16.6. The second kappa shape index (κ2) is 47.0. The van der Waals surface area contributed by atoms with Gasteiger partial charge < -0.3 is 45.1 Å². The number of aliphatic hydroxyl groups is 5. The van der Waals surface area contributed by atoms with E-state index in [0.29, 0.717) is 19.4 Å². The SMILES string of the molecule is CCCC/C=C\C/C=C\CCCCCCCC(=O)OCCCCCCCC/C=C\CCCCCCCCCC(=O)NC(COC1OC(CO)C(O)C(O)C1O)C(O)/C=C/CCCCCCCCC. The van der Waals surface area contributed by atoms with Gasteiger partial charge in [0.2, 0.25) is 5.91 Å². The van der Waals surface area contributed by atoms with E-state index in [2.05, 4.69) is 55.6 Å². The molecule has 1 aliphatic rings. The molecule has 0 aromatic carbocycles. The van der Waals surface area contributed by atoms with Crippen molar-refractivity contribution in [3.63, 3.8) is 0 Å². The monoisotopic (exact) mass is 962 g/mol. The molecule has 0 aromatic rings. The number of nitrogens with one attached hydrogen (secondary N) is 1. The molecule has 1 heterocycles. The van der Waals surface area contributed by atoms with Crippen molar-refractivity contribution in [1.29, 1.82) is 0 Å². The number of unbranched alkanes of at least 4 members (excludes halogenated alkanes) is 27. The molecule has 1 saturated heterocycles. The smallest absolute Gasteiger partial charge is 0.305 e. The Hall–Kier alpha value is -2.38. The minimum absolute atomic E-state index is 0.0342. The number of rotatable bonds is 47. The van der Waals surface area contributed by atoms with Gasteiger partial charge in [0.05, 0.1) is 32.0 Å². The van der Waals surface area contributed by atoms with Crippen LogP contribution in [0.1, 0.15) is 239 Å². The fourth-order valence-corrected chi connectivity index (χ4v) is 8.38. The summed E-state index contributed by atoms with van der Waals surface area (Å²) in [5.41, 5.74) is 0. The molecule has 6 N–H and O–H groups in total. The zero-order valence-corrected chi connectivity index (χ0v) is 43.3. The Kier molecular flexibility index (Phi) is 44.0. The van der Waals surface area contributed by atoms with Crippen LogP contribution < -0.4 is 5.32 Å². The fraction of sp³-hybridized carbons (Fsp3) is 0.825. The number of esters is 1. The van der Waals surface area contributed by atoms with Gasteiger partial charge in [0.25, 0.3) is 0 Å². The Labute approximate surface area is 415 Å². The Bertz CT molecular complexity index is 1270. The third-order valence-corrected chi connectivity index (χ3v) is 12.9. The lowest BCUT2D eigenvalue weighted by Crippen LogP contribution is -2.60. The molecule has 11 heteroatoms. The largest absolute Gasteiger partial charge is 0.466 e. The van der Waals surface area contributed by atoms with Crippen LogP contribution in [0.3, 0.4) is 0 Å². The third-order valence-electron chi connectivity index (χ3n) is 12.9. The number of carbonyl (C=O) groups is 2. The molecule has 1 rings (SSSR count). The van der Waals surface area contributed by atoms with Gasteiger partial charge in [-0.25, -0.2) is 0 Å². The van der Waals surface area contributed by atoms with Gasteiger partial charge in [0.1, 0.15) is 24.4 Å². The van der Waals surface area contributed by atoms with Gasteiger partial charge in [0, 0.05) is 12.8 Å². The molecule has 11 nitrogen and oxygen atoms in total. The summed E-state index contributed by atoms with van der Waals surface area (Å²) in [5.74, 6) is -0.232. The van der Waals surface area contributed by atoms with Crippen molar-refractivity contribution in [1.82, 2.24) is 5.32 Å². The minimum atomic E-state index is -1.58. The number of aliphatic hydroxyl groups excluding tert-OH is 5. The second-order valence-electron chi connectivity index (χ2n) is 19.3. The summed E-state index contributed by atoms with van der Waals surface area (Å²) in [6, 6.07) is -0.818. The second-order valence-corrected chi connectivity index (χ2v) is 19.3. The lowest BCUT2D eigenvalue weighted by molar-refractivity contribution is -0.302. The first-order valence-electron chi connectivity index (χ1n) is 27.9. The number of ether oxygens (including phenoxy) is 3. The first kappa shape index (κ1) is 63.6. The zero-order valence-electron chi connectivity index (χ0n) is 43.3. The standard InChI is InChI=1S/C57H103NO10/c1-3-5-7-9-11-13-14-15-22-25-29-33-37-41-45-53(62)66-46-42-38-34-30-26-23-20-18-16-17-19-21-24-28-32-36-40-44-52(61)58-49(50(60)43-39-35-31-27-12-10-8-6-4-2)48-67-57-56(65)55(64)54(63)51(47-59)68-57/h9,11,14-16,18,39,43,49-51,54-57,59-60,63-65H,3-8,10,12-13,17,19-38,40-42,44-48H2,1-2H3,(H,58,61)/b11-9-,15-14-,18-16-,43-39+. The maximum absolute atomic E-state index is 13.0. The number of hydrogen-bond acceptors (Lipinski definition) is 10. The summed E-state index contributed by atoms with van der Waals surface area (Å²) in [7, 11) is 0. The molecule has 7 atom stereocenters. The van der Waals surface area contributed by atoms with E-state index >= 15 is 0 Å². The molecule has 0 saturated carbocycles. The van der Waals surface area contributed by atoms with E-state index < -0.39 is 49.5 Å². The fourth-order valence-electron chi connectivity index (χ4n) is 8.38. The zero-order chi connectivity index (χ0) is 49.6. The molecule has 1 fully saturated rings. The summed E-state index contributed by atoms with van der Waals surface area (Å²) in [6.45, 7) is 4.22. The van der Waals surface area contributed by atoms with Gasteiger partial charge in [-0.2, -0.15) is 0 Å². The van der Waals surface area contributed by atoms with Crippen LogP contribution in [0.25, 0.3) is 0 Å². The van der Waals surface area contributed by atoms with E-state index in [9.17, 15) is 35.1 Å². The minimum Gasteiger partial charge on any atom is -0.466 e. The highest BCUT2D eigenvalue weighted by Crippen LogP contribution is 2.23. The third kappa shape index (κ3) is 36.5. The Morgan fingerprint density at radius 2 is 1.00 bits per heavy atom. The first-order valence-corrected chi connectivity index (χ1v) is 27.9. The Morgan fingerprint density at radius 3 is 1.54 bits per heavy atom. The van der Waals surface area contributed by atoms with Crippen LogP contribution in [0.4, 0.5) is 0 Å². The van der Waals surface area contributed by atoms with E-state index in [0.717, 1.165) is 96.3 Å². The normalized spacial score (nSPS) is 19.8. The van der Waals surface area contributed by atoms with Crippen LogP contribution in [0.15, 0.2) is 48.6 Å². The maximum Gasteiger partial charge on any atom is 0.305 e. The van der Waals surface area contributed by atoms with Crippen molar-refractivity contribution in [2.45, 2.75) is 281 Å². The molecule has 1 amide bonds. The Balaban J connectivity index is 2.08. The molecule has 396 valence electrons. The molecule has 68 heavy (non-hydrogen) atoms. The molecule has 0 aromatic heterocycles. The van der Waals surface area contributed by atoms with Crippen LogP contribution in [0.5, 0.6) is 0 Å². The van der Waals surface area contributed by atoms with Crippen molar-refractivity contribution in [2.75, 3.05) is 19.8 Å². The summed E-state index contributed by atoms with van der Waals surface area (Å²) >= 11 is 0. The lowest BCUT2D eigenvalue weighted by atomic mass is 9.99. The maximum atomic E-state index is 13.0. The average Bonchev–Trinajstić information content (AvgIpc) is 3.33. The molecule has 1 aliphatic heterocycles. The molecular formula is C57H103NO10. The molecular weight excluding hydrogens is 859 g/mol. The van der Waals surface area contributed by atoms with Gasteiger partial charge in [-0.05, 0) is 83.5 Å². The first-order chi connectivity index (χ1) is 33.2. The van der Waals surface area contributed by atoms with Crippen molar-refractivity contribution < 1.29 is 49.3 Å². The van der Waals surface area contributed by atoms with Gasteiger partial charge >= 0.3 is 5.97 Å². The van der Waals surface area contributed by atoms with Gasteiger partial charge in [0.15, 0.2) is 6.29 Å². The highest BCUT2D eigenvalue weighted by atomic mass is 16.7. The molecule has 7 unspecified atom stereocenters. The van der Waals surface area contributed by atoms with E-state index in [4.69, 9.17) is 14.2 Å². The van der Waals surface area contributed by atoms with E-state index in [1.54, 1.807) is 6.08 Å². The topological polar surface area (TPSA) is 175 Å². The van der Waals surface area contributed by atoms with E-state index in [1.165, 1.54) is 116 Å². The van der Waals surface area contributed by atoms with Gasteiger partial charge in [-0.1, -0.05) is 191 Å². The van der Waals surface area contributed by atoms with Crippen molar-refractivity contribution in [3.8, 4) is 0 Å². The van der Waals surface area contributed by atoms with Crippen LogP contribution in [0.2, 0.25) is 0 Å². The predicted molar refractivity (Wildman–Crippen MR) is 278 cm³/mol. The van der Waals surface area contributed by atoms with Crippen LogP contribution >= 0.6 is 0 Å². The van der Waals surface area contributed by atoms with Crippen molar-refractivity contribution in [2.24, 2.45) is 0 Å². The van der Waals surface area contributed by atoms with Crippen LogP contribution in [0, 0.1) is 0 Å². The van der Waals surface area contributed by atoms with Gasteiger partial charge in [-0.3, -0.25) is 9.59 Å². The molecule has 0 radical (unpaired) electrons. The highest BCUT2D eigenvalue weighted by molar-refractivity contribution is 5.76. The van der Waals surface area contributed by atoms with E-state index in [1.807, 2.05) is 6.08 Å². The molecule has 0 aliphatic carbocycles. The van der Waals surface area contributed by atoms with E-state index in [-0.39, 0.29) is 18.5 Å². The molecule has 0 spiro atoms. The van der Waals surface area contributed by atoms with Crippen LogP contribution in [-0.2, 0) is 23.8 Å². The predicted octanol–water partition coefficient (Wildman–Crippen LogP) is 12.1. The number of allylic oxidation sites excluding steroid dienone is 7. The number of amides is 1. The summed E-state index contributed by atoms with van der Waals surface area (Å²) in [4.78, 5) is 25.0. The highest BCUT2D eigenvalue weighted by Gasteiger charge is 2.44. The average molecular weight is 962 g/mol. The summed E-state index contributed by atoms with van der Waals surface area (Å²) in [6.07, 6.45) is 47.7. The van der Waals surface area contributed by atoms with Crippen molar-refractivity contribution in [3.05, 3.63) is 48.6 Å². The van der Waals surface area contributed by atoms with Crippen molar-refractivity contribution >= 4 is 11.9 Å². The number of hydrogen-bond donors (Lipinski definition) is 6. The lowest BCUT2D eigenvalue weighted by Gasteiger charge is -2.40. The van der Waals surface area contributed by atoms with Gasteiger partial charge in [-0.15, -0.1) is 0 Å². The molecule has 0 bridgehead atoms.